The van der Waals surface area contributed by atoms with Crippen molar-refractivity contribution in [3.05, 3.63) is 47.1 Å². The second-order valence-electron chi connectivity index (χ2n) is 11.1. The van der Waals surface area contributed by atoms with Crippen LogP contribution in [0, 0.1) is 11.3 Å². The Bertz CT molecular complexity index is 936. The Morgan fingerprint density at radius 1 is 1.32 bits per heavy atom. The SMILES string of the molecule is C=C(C)[C@@H]1CCC(C)=C[C@H]1c1c(O)cc(CCCCC)cc1OC(=S)SCC(C)(C)C1CN1C. The monoisotopic (exact) mass is 501 g/mol. The fourth-order valence-electron chi connectivity index (χ4n) is 5.25. The van der Waals surface area contributed by atoms with Gasteiger partial charge in [0, 0.05) is 29.8 Å². The zero-order chi connectivity index (χ0) is 25.0. The van der Waals surface area contributed by atoms with Crippen molar-refractivity contribution in [2.24, 2.45) is 11.3 Å². The predicted molar refractivity (Wildman–Crippen MR) is 151 cm³/mol. The number of nitrogens with zero attached hydrogens (tertiary/aromatic N) is 1. The molecule has 34 heavy (non-hydrogen) atoms. The molecule has 1 N–H and O–H groups in total. The molecule has 3 rings (SSSR count). The molecule has 1 fully saturated rings. The number of thiocarbonyl (C=S) groups is 1. The highest BCUT2D eigenvalue weighted by atomic mass is 32.2. The van der Waals surface area contributed by atoms with Gasteiger partial charge in [0.15, 0.2) is 0 Å². The first-order valence-electron chi connectivity index (χ1n) is 12.8. The van der Waals surface area contributed by atoms with E-state index >= 15 is 0 Å². The van der Waals surface area contributed by atoms with Crippen LogP contribution in [0.4, 0.5) is 0 Å². The first-order valence-corrected chi connectivity index (χ1v) is 14.2. The van der Waals surface area contributed by atoms with Crippen LogP contribution in [0.1, 0.15) is 83.8 Å². The Morgan fingerprint density at radius 2 is 2.03 bits per heavy atom. The molecular formula is C29H43NO2S2. The number of benzene rings is 1. The van der Waals surface area contributed by atoms with Crippen LogP contribution in [-0.2, 0) is 6.42 Å². The maximum atomic E-state index is 11.3. The van der Waals surface area contributed by atoms with E-state index in [-0.39, 0.29) is 17.3 Å². The number of hydrogen-bond acceptors (Lipinski definition) is 5. The second kappa shape index (κ2) is 11.6. The van der Waals surface area contributed by atoms with Gasteiger partial charge in [-0.3, -0.25) is 0 Å². The van der Waals surface area contributed by atoms with E-state index in [9.17, 15) is 5.11 Å². The number of thioether (sulfide) groups is 1. The number of aromatic hydroxyl groups is 1. The lowest BCUT2D eigenvalue weighted by Gasteiger charge is -2.32. The lowest BCUT2D eigenvalue weighted by molar-refractivity contribution is 0.359. The molecule has 2 aliphatic rings. The molecule has 1 heterocycles. The van der Waals surface area contributed by atoms with Crippen molar-refractivity contribution >= 4 is 28.4 Å². The molecule has 0 amide bonds. The van der Waals surface area contributed by atoms with Gasteiger partial charge in [-0.25, -0.2) is 0 Å². The fourth-order valence-corrected chi connectivity index (χ4v) is 6.34. The average molecular weight is 502 g/mol. The van der Waals surface area contributed by atoms with Crippen LogP contribution < -0.4 is 4.74 Å². The maximum absolute atomic E-state index is 11.3. The van der Waals surface area contributed by atoms with Crippen molar-refractivity contribution in [1.29, 1.82) is 0 Å². The van der Waals surface area contributed by atoms with Crippen LogP contribution in [-0.4, -0.2) is 39.8 Å². The number of rotatable bonds is 10. The van der Waals surface area contributed by atoms with Crippen LogP contribution in [0.15, 0.2) is 35.9 Å². The summed E-state index contributed by atoms with van der Waals surface area (Å²) in [5.41, 5.74) is 4.65. The van der Waals surface area contributed by atoms with Crippen molar-refractivity contribution in [1.82, 2.24) is 4.90 Å². The molecule has 0 bridgehead atoms. The smallest absolute Gasteiger partial charge is 0.225 e. The molecule has 1 aliphatic heterocycles. The van der Waals surface area contributed by atoms with Crippen LogP contribution in [0.25, 0.3) is 0 Å². The molecular weight excluding hydrogens is 458 g/mol. The summed E-state index contributed by atoms with van der Waals surface area (Å²) in [6.07, 6.45) is 8.80. The molecule has 1 aromatic carbocycles. The Kier molecular flexibility index (Phi) is 9.33. The van der Waals surface area contributed by atoms with Gasteiger partial charge in [0.25, 0.3) is 0 Å². The van der Waals surface area contributed by atoms with Gasteiger partial charge in [-0.15, -0.1) is 0 Å². The summed E-state index contributed by atoms with van der Waals surface area (Å²) in [6, 6.07) is 4.66. The Hall–Kier alpha value is -1.30. The third kappa shape index (κ3) is 6.89. The van der Waals surface area contributed by atoms with Crippen LogP contribution in [0.3, 0.4) is 0 Å². The normalized spacial score (nSPS) is 24.5. The zero-order valence-corrected chi connectivity index (χ0v) is 23.6. The molecule has 0 aromatic heterocycles. The second-order valence-corrected chi connectivity index (χ2v) is 12.7. The largest absolute Gasteiger partial charge is 0.507 e. The van der Waals surface area contributed by atoms with E-state index < -0.39 is 0 Å². The third-order valence-corrected chi connectivity index (χ3v) is 9.12. The molecule has 5 heteroatoms. The summed E-state index contributed by atoms with van der Waals surface area (Å²) in [4.78, 5) is 2.37. The summed E-state index contributed by atoms with van der Waals surface area (Å²) in [7, 11) is 2.17. The Morgan fingerprint density at radius 3 is 2.65 bits per heavy atom. The molecule has 4 atom stereocenters. The number of allylic oxidation sites excluding steroid dienone is 3. The first-order chi connectivity index (χ1) is 16.0. The molecule has 3 nitrogen and oxygen atoms in total. The fraction of sp³-hybridized carbons (Fsp3) is 0.621. The summed E-state index contributed by atoms with van der Waals surface area (Å²) in [6.45, 7) is 16.5. The minimum atomic E-state index is 0.0512. The van der Waals surface area contributed by atoms with Gasteiger partial charge < -0.3 is 14.7 Å². The van der Waals surface area contributed by atoms with Gasteiger partial charge in [-0.2, -0.15) is 0 Å². The summed E-state index contributed by atoms with van der Waals surface area (Å²) < 4.78 is 6.91. The maximum Gasteiger partial charge on any atom is 0.225 e. The lowest BCUT2D eigenvalue weighted by atomic mass is 9.73. The number of phenolic OH excluding ortho intramolecular Hbond substituents is 1. The average Bonchev–Trinajstić information content (AvgIpc) is 3.50. The van der Waals surface area contributed by atoms with Crippen molar-refractivity contribution in [2.75, 3.05) is 19.3 Å². The number of ether oxygens (including phenoxy) is 1. The molecule has 0 saturated carbocycles. The predicted octanol–water partition coefficient (Wildman–Crippen LogP) is 7.88. The highest BCUT2D eigenvalue weighted by Gasteiger charge is 2.43. The summed E-state index contributed by atoms with van der Waals surface area (Å²) >= 11 is 7.32. The van der Waals surface area contributed by atoms with Gasteiger partial charge in [0.1, 0.15) is 11.5 Å². The molecule has 0 spiro atoms. The van der Waals surface area contributed by atoms with E-state index in [0.717, 1.165) is 54.7 Å². The molecule has 2 unspecified atom stereocenters. The molecule has 1 aromatic rings. The van der Waals surface area contributed by atoms with Crippen molar-refractivity contribution in [3.63, 3.8) is 0 Å². The van der Waals surface area contributed by atoms with Crippen molar-refractivity contribution in [2.45, 2.75) is 85.1 Å². The minimum Gasteiger partial charge on any atom is -0.507 e. The van der Waals surface area contributed by atoms with Crippen LogP contribution >= 0.6 is 24.0 Å². The lowest BCUT2D eigenvalue weighted by Crippen LogP contribution is -2.26. The van der Waals surface area contributed by atoms with Gasteiger partial charge in [0.05, 0.1) is 0 Å². The summed E-state index contributed by atoms with van der Waals surface area (Å²) in [5, 5.41) is 11.3. The van der Waals surface area contributed by atoms with Gasteiger partial charge in [-0.05, 0) is 87.8 Å². The topological polar surface area (TPSA) is 32.5 Å². The van der Waals surface area contributed by atoms with E-state index in [4.69, 9.17) is 17.0 Å². The van der Waals surface area contributed by atoms with Gasteiger partial charge >= 0.3 is 0 Å². The highest BCUT2D eigenvalue weighted by Crippen LogP contribution is 2.47. The quantitative estimate of drug-likeness (QED) is 0.153. The summed E-state index contributed by atoms with van der Waals surface area (Å²) in [5.74, 6) is 2.28. The number of likely N-dealkylation sites (N-methyl/N-ethyl adjacent to an activating group) is 1. The minimum absolute atomic E-state index is 0.0512. The molecule has 0 radical (unpaired) electrons. The Labute approximate surface area is 217 Å². The third-order valence-electron chi connectivity index (χ3n) is 7.48. The van der Waals surface area contributed by atoms with E-state index in [1.165, 1.54) is 18.4 Å². The standard InChI is InChI=1S/C29H43NO2S2/c1-8-9-10-11-21-15-24(31)27(23-14-20(4)12-13-22(23)19(2)3)25(16-21)32-28(33)34-18-29(5,6)26-17-30(26)7/h14-16,22-23,26,31H,2,8-13,17-18H2,1,3-7H3/t22-,23+,26?,30?/m0/s1. The van der Waals surface area contributed by atoms with E-state index in [1.807, 2.05) is 6.07 Å². The number of phenols is 1. The number of unbranched alkanes of at least 4 members (excludes halogenated alkanes) is 2. The molecule has 1 aliphatic carbocycles. The first kappa shape index (κ1) is 27.3. The van der Waals surface area contributed by atoms with E-state index in [2.05, 4.69) is 65.3 Å². The van der Waals surface area contributed by atoms with E-state index in [0.29, 0.717) is 21.9 Å². The van der Waals surface area contributed by atoms with Gasteiger partial charge in [0.2, 0.25) is 4.38 Å². The van der Waals surface area contributed by atoms with Crippen LogP contribution in [0.2, 0.25) is 0 Å². The Balaban J connectivity index is 1.88. The highest BCUT2D eigenvalue weighted by molar-refractivity contribution is 8.22. The zero-order valence-electron chi connectivity index (χ0n) is 21.9. The van der Waals surface area contributed by atoms with Gasteiger partial charge in [-0.1, -0.05) is 69.2 Å². The van der Waals surface area contributed by atoms with E-state index in [1.54, 1.807) is 11.8 Å². The number of hydrogen-bond donors (Lipinski definition) is 1. The molecule has 1 saturated heterocycles. The van der Waals surface area contributed by atoms with Crippen molar-refractivity contribution < 1.29 is 9.84 Å². The van der Waals surface area contributed by atoms with Crippen molar-refractivity contribution in [3.8, 4) is 11.5 Å². The molecule has 188 valence electrons. The number of aryl methyl sites for hydroxylation is 1. The van der Waals surface area contributed by atoms with Crippen LogP contribution in [0.5, 0.6) is 11.5 Å².